The maximum atomic E-state index is 5.98. The molecule has 0 radical (unpaired) electrons. The van der Waals surface area contributed by atoms with Gasteiger partial charge < -0.3 is 10.2 Å². The number of hydrogen-bond donors (Lipinski definition) is 3. The summed E-state index contributed by atoms with van der Waals surface area (Å²) in [7, 11) is 0. The lowest BCUT2D eigenvalue weighted by Crippen LogP contribution is -1.98. The van der Waals surface area contributed by atoms with Gasteiger partial charge in [-0.05, 0) is 12.1 Å². The third-order valence-electron chi connectivity index (χ3n) is 2.31. The van der Waals surface area contributed by atoms with Gasteiger partial charge in [0.05, 0.1) is 11.6 Å². The number of halogens is 1. The fourth-order valence-corrected chi connectivity index (χ4v) is 1.72. The van der Waals surface area contributed by atoms with Crippen molar-refractivity contribution in [2.24, 2.45) is 5.73 Å². The van der Waals surface area contributed by atoms with E-state index in [0.717, 1.165) is 0 Å². The van der Waals surface area contributed by atoms with Crippen molar-refractivity contribution < 1.29 is 4.42 Å². The van der Waals surface area contributed by atoms with E-state index in [1.807, 2.05) is 0 Å². The number of nitrogens with zero attached hydrogens (tertiary/aromatic N) is 3. The number of nitrogens with two attached hydrogens (primary N) is 1. The fraction of sp³-hybridized carbons (Fsp3) is 0.100. The van der Waals surface area contributed by atoms with Gasteiger partial charge in [0.25, 0.3) is 0 Å². The van der Waals surface area contributed by atoms with Crippen LogP contribution in [0.15, 0.2) is 22.6 Å². The smallest absolute Gasteiger partial charge is 0.302 e. The summed E-state index contributed by atoms with van der Waals surface area (Å²) < 4.78 is 5.47. The molecule has 0 saturated heterocycles. The van der Waals surface area contributed by atoms with E-state index in [-0.39, 0.29) is 12.6 Å². The van der Waals surface area contributed by atoms with Gasteiger partial charge in [0.15, 0.2) is 5.58 Å². The molecule has 0 unspecified atom stereocenters. The molecule has 8 heteroatoms. The Kier molecular flexibility index (Phi) is 2.62. The first kappa shape index (κ1) is 11.0. The van der Waals surface area contributed by atoms with Crippen LogP contribution in [0.2, 0.25) is 5.02 Å². The Morgan fingerprint density at radius 2 is 2.28 bits per heavy atom. The summed E-state index contributed by atoms with van der Waals surface area (Å²) in [4.78, 5) is 8.30. The normalized spacial score (nSPS) is 11.0. The summed E-state index contributed by atoms with van der Waals surface area (Å²) in [5.41, 5.74) is 6.61. The van der Waals surface area contributed by atoms with Crippen molar-refractivity contribution in [3.05, 3.63) is 29.0 Å². The summed E-state index contributed by atoms with van der Waals surface area (Å²) in [6.45, 7) is 0.286. The van der Waals surface area contributed by atoms with E-state index in [1.54, 1.807) is 18.2 Å². The summed E-state index contributed by atoms with van der Waals surface area (Å²) in [6, 6.07) is 5.62. The first-order valence-electron chi connectivity index (χ1n) is 5.19. The number of benzene rings is 1. The molecule has 7 nitrogen and oxygen atoms in total. The number of fused-ring (bicyclic) bond motifs is 1. The van der Waals surface area contributed by atoms with Gasteiger partial charge in [0, 0.05) is 0 Å². The standard InChI is InChI=1S/C10H9ClN6O/c11-5-2-1-3-6-8(5)18-10(13-6)15-9-14-7(4-12)16-17-9/h1-3H,4,12H2,(H2,13,14,15,16,17). The van der Waals surface area contributed by atoms with E-state index >= 15 is 0 Å². The maximum absolute atomic E-state index is 5.98. The number of rotatable bonds is 3. The molecule has 0 spiro atoms. The minimum absolute atomic E-state index is 0.278. The Bertz CT molecular complexity index is 691. The van der Waals surface area contributed by atoms with Gasteiger partial charge in [-0.25, -0.2) is 0 Å². The van der Waals surface area contributed by atoms with Gasteiger partial charge in [-0.3, -0.25) is 10.4 Å². The molecule has 3 aromatic rings. The Balaban J connectivity index is 1.93. The summed E-state index contributed by atoms with van der Waals surface area (Å²) >= 11 is 5.98. The van der Waals surface area contributed by atoms with Gasteiger partial charge in [0.2, 0.25) is 5.95 Å². The van der Waals surface area contributed by atoms with Gasteiger partial charge in [0.1, 0.15) is 11.3 Å². The molecule has 0 fully saturated rings. The lowest BCUT2D eigenvalue weighted by Gasteiger charge is -1.92. The van der Waals surface area contributed by atoms with Crippen LogP contribution in [0.5, 0.6) is 0 Å². The number of H-pyrrole nitrogens is 1. The van der Waals surface area contributed by atoms with Crippen LogP contribution in [0.4, 0.5) is 12.0 Å². The lowest BCUT2D eigenvalue weighted by atomic mass is 10.3. The summed E-state index contributed by atoms with van der Waals surface area (Å²) in [5, 5.41) is 9.93. The van der Waals surface area contributed by atoms with Crippen molar-refractivity contribution in [1.29, 1.82) is 0 Å². The monoisotopic (exact) mass is 264 g/mol. The van der Waals surface area contributed by atoms with Crippen LogP contribution in [-0.4, -0.2) is 20.2 Å². The molecule has 0 atom stereocenters. The van der Waals surface area contributed by atoms with E-state index in [2.05, 4.69) is 25.5 Å². The SMILES string of the molecule is NCc1nc(Nc2nc3cccc(Cl)c3o2)n[nH]1. The zero-order chi connectivity index (χ0) is 12.5. The molecule has 3 rings (SSSR count). The molecule has 0 bridgehead atoms. The molecule has 4 N–H and O–H groups in total. The fourth-order valence-electron chi connectivity index (χ4n) is 1.51. The Hall–Kier alpha value is -2.12. The number of para-hydroxylation sites is 1. The highest BCUT2D eigenvalue weighted by Gasteiger charge is 2.10. The van der Waals surface area contributed by atoms with E-state index in [4.69, 9.17) is 21.8 Å². The van der Waals surface area contributed by atoms with Crippen LogP contribution in [0, 0.1) is 0 Å². The van der Waals surface area contributed by atoms with Gasteiger partial charge in [-0.2, -0.15) is 9.97 Å². The van der Waals surface area contributed by atoms with Crippen molar-refractivity contribution in [1.82, 2.24) is 20.2 Å². The lowest BCUT2D eigenvalue weighted by molar-refractivity contribution is 0.622. The van der Waals surface area contributed by atoms with Gasteiger partial charge in [-0.1, -0.05) is 17.7 Å². The van der Waals surface area contributed by atoms with Crippen LogP contribution in [0.25, 0.3) is 11.1 Å². The van der Waals surface area contributed by atoms with E-state index in [9.17, 15) is 0 Å². The zero-order valence-electron chi connectivity index (χ0n) is 9.14. The predicted octanol–water partition coefficient (Wildman–Crippen LogP) is 1.80. The third-order valence-corrected chi connectivity index (χ3v) is 2.61. The molecular weight excluding hydrogens is 256 g/mol. The van der Waals surface area contributed by atoms with Crippen molar-refractivity contribution in [3.63, 3.8) is 0 Å². The number of hydrogen-bond acceptors (Lipinski definition) is 6. The zero-order valence-corrected chi connectivity index (χ0v) is 9.90. The van der Waals surface area contributed by atoms with Crippen molar-refractivity contribution >= 4 is 34.7 Å². The molecule has 0 aliphatic heterocycles. The van der Waals surface area contributed by atoms with Crippen molar-refractivity contribution in [3.8, 4) is 0 Å². The van der Waals surface area contributed by atoms with Crippen LogP contribution in [-0.2, 0) is 6.54 Å². The molecule has 92 valence electrons. The van der Waals surface area contributed by atoms with Crippen LogP contribution < -0.4 is 11.1 Å². The molecule has 2 aromatic heterocycles. The number of aromatic nitrogens is 4. The molecule has 18 heavy (non-hydrogen) atoms. The summed E-state index contributed by atoms with van der Waals surface area (Å²) in [5.74, 6) is 0.921. The first-order chi connectivity index (χ1) is 8.76. The molecule has 0 saturated carbocycles. The summed E-state index contributed by atoms with van der Waals surface area (Å²) in [6.07, 6.45) is 0. The largest absolute Gasteiger partial charge is 0.422 e. The quantitative estimate of drug-likeness (QED) is 0.666. The van der Waals surface area contributed by atoms with Crippen molar-refractivity contribution in [2.75, 3.05) is 5.32 Å². The number of oxazole rings is 1. The number of anilines is 2. The average molecular weight is 265 g/mol. The van der Waals surface area contributed by atoms with Crippen LogP contribution in [0.3, 0.4) is 0 Å². The highest BCUT2D eigenvalue weighted by molar-refractivity contribution is 6.34. The van der Waals surface area contributed by atoms with E-state index in [1.165, 1.54) is 0 Å². The second-order valence-electron chi connectivity index (χ2n) is 3.54. The van der Waals surface area contributed by atoms with Gasteiger partial charge in [-0.15, -0.1) is 5.10 Å². The minimum Gasteiger partial charge on any atom is -0.422 e. The van der Waals surface area contributed by atoms with E-state index < -0.39 is 0 Å². The van der Waals surface area contributed by atoms with Crippen molar-refractivity contribution in [2.45, 2.75) is 6.54 Å². The molecule has 0 aliphatic carbocycles. The molecular formula is C10H9ClN6O. The highest BCUT2D eigenvalue weighted by atomic mass is 35.5. The molecule has 2 heterocycles. The Labute approximate surface area is 106 Å². The molecule has 1 aromatic carbocycles. The predicted molar refractivity (Wildman–Crippen MR) is 66.6 cm³/mol. The molecule has 0 aliphatic rings. The second kappa shape index (κ2) is 4.28. The molecule has 0 amide bonds. The first-order valence-corrected chi connectivity index (χ1v) is 5.57. The Morgan fingerprint density at radius 1 is 1.39 bits per heavy atom. The Morgan fingerprint density at radius 3 is 3.00 bits per heavy atom. The maximum Gasteiger partial charge on any atom is 0.302 e. The number of nitrogens with one attached hydrogen (secondary N) is 2. The van der Waals surface area contributed by atoms with Crippen LogP contribution >= 0.6 is 11.6 Å². The topological polar surface area (TPSA) is 106 Å². The second-order valence-corrected chi connectivity index (χ2v) is 3.95. The van der Waals surface area contributed by atoms with Crippen LogP contribution in [0.1, 0.15) is 5.82 Å². The van der Waals surface area contributed by atoms with E-state index in [0.29, 0.717) is 27.9 Å². The average Bonchev–Trinajstić information content (AvgIpc) is 2.96. The number of aromatic amines is 1. The highest BCUT2D eigenvalue weighted by Crippen LogP contribution is 2.26. The minimum atomic E-state index is 0.278. The van der Waals surface area contributed by atoms with Gasteiger partial charge >= 0.3 is 6.01 Å². The third kappa shape index (κ3) is 1.89.